The summed E-state index contributed by atoms with van der Waals surface area (Å²) in [6.07, 6.45) is 8.82. The number of furan rings is 1. The lowest BCUT2D eigenvalue weighted by molar-refractivity contribution is -0.119. The number of allylic oxidation sites excluding steroid dienone is 1. The topological polar surface area (TPSA) is 73.0 Å². The van der Waals surface area contributed by atoms with Crippen molar-refractivity contribution in [2.24, 2.45) is 17.8 Å². The van der Waals surface area contributed by atoms with E-state index in [9.17, 15) is 4.79 Å². The standard InChI is InChI=1S/C21H28N4O2S/c1-4-8-25-20(17-7-9-27-14(17)3)23-24-21(25)28-12-19(26)22-13(2)18-11-15-5-6-16(18)10-15/h4,7,9,13,15-16,18H,1,5-6,8,10-12H2,2-3H3,(H,22,26). The molecule has 2 aliphatic carbocycles. The van der Waals surface area contributed by atoms with Gasteiger partial charge in [0.05, 0.1) is 17.6 Å². The summed E-state index contributed by atoms with van der Waals surface area (Å²) in [7, 11) is 0. The monoisotopic (exact) mass is 400 g/mol. The van der Waals surface area contributed by atoms with E-state index in [0.717, 1.165) is 34.1 Å². The number of rotatable bonds is 8. The molecule has 0 spiro atoms. The summed E-state index contributed by atoms with van der Waals surface area (Å²) >= 11 is 1.42. The van der Waals surface area contributed by atoms with Gasteiger partial charge in [0.2, 0.25) is 5.91 Å². The lowest BCUT2D eigenvalue weighted by atomic mass is 9.84. The zero-order valence-corrected chi connectivity index (χ0v) is 17.4. The fraction of sp³-hybridized carbons (Fsp3) is 0.571. The Balaban J connectivity index is 1.38. The molecule has 0 saturated heterocycles. The Labute approximate surface area is 170 Å². The number of carbonyl (C=O) groups excluding carboxylic acids is 1. The van der Waals surface area contributed by atoms with Crippen molar-refractivity contribution in [3.8, 4) is 11.4 Å². The van der Waals surface area contributed by atoms with E-state index < -0.39 is 0 Å². The number of hydrogen-bond acceptors (Lipinski definition) is 5. The van der Waals surface area contributed by atoms with Crippen molar-refractivity contribution in [1.82, 2.24) is 20.1 Å². The summed E-state index contributed by atoms with van der Waals surface area (Å²) in [6, 6.07) is 2.13. The maximum Gasteiger partial charge on any atom is 0.230 e. The first-order valence-electron chi connectivity index (χ1n) is 10.1. The van der Waals surface area contributed by atoms with Crippen LogP contribution in [0.3, 0.4) is 0 Å². The first-order valence-corrected chi connectivity index (χ1v) is 11.1. The van der Waals surface area contributed by atoms with Gasteiger partial charge in [-0.2, -0.15) is 0 Å². The summed E-state index contributed by atoms with van der Waals surface area (Å²) in [4.78, 5) is 12.5. The summed E-state index contributed by atoms with van der Waals surface area (Å²) in [5.74, 6) is 4.29. The van der Waals surface area contributed by atoms with Gasteiger partial charge in [-0.3, -0.25) is 9.36 Å². The van der Waals surface area contributed by atoms with E-state index in [-0.39, 0.29) is 11.9 Å². The van der Waals surface area contributed by atoms with E-state index in [2.05, 4.69) is 29.0 Å². The second-order valence-electron chi connectivity index (χ2n) is 8.08. The fourth-order valence-electron chi connectivity index (χ4n) is 4.94. The number of aromatic nitrogens is 3. The average molecular weight is 401 g/mol. The van der Waals surface area contributed by atoms with Crippen LogP contribution in [0.4, 0.5) is 0 Å². The molecule has 0 aliphatic heterocycles. The zero-order valence-electron chi connectivity index (χ0n) is 16.6. The molecule has 150 valence electrons. The normalized spacial score (nSPS) is 24.4. The van der Waals surface area contributed by atoms with Gasteiger partial charge in [0.15, 0.2) is 11.0 Å². The molecule has 0 radical (unpaired) electrons. The van der Waals surface area contributed by atoms with E-state index in [1.54, 1.807) is 6.26 Å². The van der Waals surface area contributed by atoms with Crippen molar-refractivity contribution in [1.29, 1.82) is 0 Å². The largest absolute Gasteiger partial charge is 0.469 e. The second-order valence-corrected chi connectivity index (χ2v) is 9.02. The molecule has 4 rings (SSSR count). The summed E-state index contributed by atoms with van der Waals surface area (Å²) in [5, 5.41) is 12.6. The van der Waals surface area contributed by atoms with Crippen LogP contribution in [-0.4, -0.2) is 32.5 Å². The minimum Gasteiger partial charge on any atom is -0.469 e. The molecule has 4 unspecified atom stereocenters. The Morgan fingerprint density at radius 3 is 2.96 bits per heavy atom. The molecule has 1 amide bonds. The predicted octanol–water partition coefficient (Wildman–Crippen LogP) is 4.07. The van der Waals surface area contributed by atoms with Crippen LogP contribution in [0.25, 0.3) is 11.4 Å². The minimum absolute atomic E-state index is 0.0643. The van der Waals surface area contributed by atoms with Crippen molar-refractivity contribution in [3.63, 3.8) is 0 Å². The number of nitrogens with one attached hydrogen (secondary N) is 1. The number of nitrogens with zero attached hydrogens (tertiary/aromatic N) is 3. The predicted molar refractivity (Wildman–Crippen MR) is 110 cm³/mol. The Bertz CT molecular complexity index is 858. The van der Waals surface area contributed by atoms with Crippen LogP contribution in [0, 0.1) is 24.7 Å². The molecule has 1 N–H and O–H groups in total. The van der Waals surface area contributed by atoms with Gasteiger partial charge in [0, 0.05) is 12.6 Å². The van der Waals surface area contributed by atoms with Gasteiger partial charge < -0.3 is 9.73 Å². The summed E-state index contributed by atoms with van der Waals surface area (Å²) in [6.45, 7) is 8.48. The molecule has 2 aliphatic rings. The van der Waals surface area contributed by atoms with Gasteiger partial charge in [-0.05, 0) is 56.9 Å². The molecule has 2 fully saturated rings. The molecular formula is C21H28N4O2S. The molecule has 2 heterocycles. The van der Waals surface area contributed by atoms with Gasteiger partial charge in [-0.25, -0.2) is 0 Å². The first-order chi connectivity index (χ1) is 13.6. The molecule has 28 heavy (non-hydrogen) atoms. The van der Waals surface area contributed by atoms with Crippen LogP contribution in [0.1, 0.15) is 38.4 Å². The molecule has 6 nitrogen and oxygen atoms in total. The van der Waals surface area contributed by atoms with Gasteiger partial charge >= 0.3 is 0 Å². The van der Waals surface area contributed by atoms with Crippen molar-refractivity contribution in [2.75, 3.05) is 5.75 Å². The summed E-state index contributed by atoms with van der Waals surface area (Å²) < 4.78 is 7.37. The number of thioether (sulfide) groups is 1. The third-order valence-electron chi connectivity index (χ3n) is 6.28. The fourth-order valence-corrected chi connectivity index (χ4v) is 5.70. The third kappa shape index (κ3) is 3.77. The van der Waals surface area contributed by atoms with Crippen LogP contribution < -0.4 is 5.32 Å². The third-order valence-corrected chi connectivity index (χ3v) is 7.25. The van der Waals surface area contributed by atoms with Crippen molar-refractivity contribution < 1.29 is 9.21 Å². The van der Waals surface area contributed by atoms with Crippen molar-refractivity contribution in [2.45, 2.75) is 57.3 Å². The number of aryl methyl sites for hydroxylation is 1. The van der Waals surface area contributed by atoms with Crippen LogP contribution in [0.5, 0.6) is 0 Å². The van der Waals surface area contributed by atoms with Gasteiger partial charge in [-0.1, -0.05) is 24.3 Å². The van der Waals surface area contributed by atoms with E-state index in [1.165, 1.54) is 37.4 Å². The minimum atomic E-state index is 0.0643. The SMILES string of the molecule is C=CCn1c(SCC(=O)NC(C)C2CC3CCC2C3)nnc1-c1ccoc1C. The molecular weight excluding hydrogens is 372 g/mol. The van der Waals surface area contributed by atoms with Gasteiger partial charge in [-0.15, -0.1) is 16.8 Å². The highest BCUT2D eigenvalue weighted by Crippen LogP contribution is 2.49. The second kappa shape index (κ2) is 8.15. The molecule has 2 bridgehead atoms. The first kappa shape index (κ1) is 19.3. The Morgan fingerprint density at radius 2 is 2.32 bits per heavy atom. The Kier molecular flexibility index (Phi) is 5.62. The van der Waals surface area contributed by atoms with Crippen molar-refractivity contribution >= 4 is 17.7 Å². The lowest BCUT2D eigenvalue weighted by Gasteiger charge is -2.28. The number of hydrogen-bond donors (Lipinski definition) is 1. The highest BCUT2D eigenvalue weighted by atomic mass is 32.2. The molecule has 2 aromatic rings. The van der Waals surface area contributed by atoms with Crippen molar-refractivity contribution in [3.05, 3.63) is 30.7 Å². The van der Waals surface area contributed by atoms with Crippen LogP contribution >= 0.6 is 11.8 Å². The molecule has 7 heteroatoms. The van der Waals surface area contributed by atoms with Gasteiger partial charge in [0.1, 0.15) is 5.76 Å². The summed E-state index contributed by atoms with van der Waals surface area (Å²) in [5.41, 5.74) is 0.913. The average Bonchev–Trinajstić information content (AvgIpc) is 3.45. The number of carbonyl (C=O) groups is 1. The Morgan fingerprint density at radius 1 is 1.46 bits per heavy atom. The molecule has 2 aromatic heterocycles. The van der Waals surface area contributed by atoms with E-state index in [0.29, 0.717) is 18.2 Å². The molecule has 4 atom stereocenters. The van der Waals surface area contributed by atoms with Crippen LogP contribution in [0.2, 0.25) is 0 Å². The highest BCUT2D eigenvalue weighted by molar-refractivity contribution is 7.99. The maximum absolute atomic E-state index is 12.5. The van der Waals surface area contributed by atoms with Gasteiger partial charge in [0.25, 0.3) is 0 Å². The van der Waals surface area contributed by atoms with E-state index in [4.69, 9.17) is 4.42 Å². The lowest BCUT2D eigenvalue weighted by Crippen LogP contribution is -2.40. The number of fused-ring (bicyclic) bond motifs is 2. The maximum atomic E-state index is 12.5. The highest BCUT2D eigenvalue weighted by Gasteiger charge is 2.42. The van der Waals surface area contributed by atoms with E-state index in [1.807, 2.05) is 23.6 Å². The quantitative estimate of drug-likeness (QED) is 0.534. The number of amides is 1. The van der Waals surface area contributed by atoms with E-state index >= 15 is 0 Å². The Hall–Kier alpha value is -2.02. The van der Waals surface area contributed by atoms with Crippen LogP contribution in [-0.2, 0) is 11.3 Å². The van der Waals surface area contributed by atoms with Crippen LogP contribution in [0.15, 0.2) is 34.6 Å². The zero-order chi connectivity index (χ0) is 19.7. The molecule has 0 aromatic carbocycles. The smallest absolute Gasteiger partial charge is 0.230 e. The molecule has 2 saturated carbocycles.